The van der Waals surface area contributed by atoms with E-state index in [0.29, 0.717) is 17.2 Å². The predicted octanol–water partition coefficient (Wildman–Crippen LogP) is 4.21. The molecule has 0 aliphatic heterocycles. The third-order valence-electron chi connectivity index (χ3n) is 2.79. The summed E-state index contributed by atoms with van der Waals surface area (Å²) in [5.41, 5.74) is 7.42. The first kappa shape index (κ1) is 12.2. The molecule has 2 N–H and O–H groups in total. The van der Waals surface area contributed by atoms with E-state index in [1.807, 2.05) is 48.5 Å². The molecule has 4 heteroatoms. The number of benzene rings is 2. The van der Waals surface area contributed by atoms with Gasteiger partial charge in [-0.1, -0.05) is 18.2 Å². The Morgan fingerprint density at radius 3 is 2.68 bits per heavy atom. The summed E-state index contributed by atoms with van der Waals surface area (Å²) in [5.74, 6) is 1.37. The maximum absolute atomic E-state index is 5.96. The molecule has 0 unspecified atom stereocenters. The molecule has 0 aliphatic carbocycles. The number of anilines is 1. The van der Waals surface area contributed by atoms with Crippen LogP contribution in [0.1, 0.15) is 0 Å². The van der Waals surface area contributed by atoms with Gasteiger partial charge in [-0.05, 0) is 52.9 Å². The summed E-state index contributed by atoms with van der Waals surface area (Å²) in [4.78, 5) is 4.36. The van der Waals surface area contributed by atoms with E-state index >= 15 is 0 Å². The largest absolute Gasteiger partial charge is 0.453 e. The second-order valence-electron chi connectivity index (χ2n) is 4.12. The van der Waals surface area contributed by atoms with Gasteiger partial charge in [0.05, 0.1) is 5.69 Å². The normalized spacial score (nSPS) is 10.6. The van der Waals surface area contributed by atoms with Crippen LogP contribution in [-0.2, 0) is 0 Å². The molecule has 0 radical (unpaired) electrons. The first-order chi connectivity index (χ1) is 9.24. The molecule has 0 bridgehead atoms. The van der Waals surface area contributed by atoms with Crippen LogP contribution in [0.5, 0.6) is 11.5 Å². The van der Waals surface area contributed by atoms with Gasteiger partial charge >= 0.3 is 0 Å². The smallest absolute Gasteiger partial charge is 0.153 e. The van der Waals surface area contributed by atoms with E-state index < -0.39 is 0 Å². The van der Waals surface area contributed by atoms with E-state index in [4.69, 9.17) is 10.5 Å². The van der Waals surface area contributed by atoms with Crippen LogP contribution in [0.2, 0.25) is 0 Å². The number of para-hydroxylation sites is 1. The summed E-state index contributed by atoms with van der Waals surface area (Å²) in [6.07, 6.45) is 1.76. The number of hydrogen-bond acceptors (Lipinski definition) is 3. The molecule has 0 aliphatic rings. The van der Waals surface area contributed by atoms with Crippen molar-refractivity contribution in [3.8, 4) is 11.5 Å². The quantitative estimate of drug-likeness (QED) is 0.549. The fourth-order valence-corrected chi connectivity index (χ4v) is 2.40. The minimum atomic E-state index is 0.625. The van der Waals surface area contributed by atoms with Gasteiger partial charge in [-0.25, -0.2) is 0 Å². The molecule has 19 heavy (non-hydrogen) atoms. The Morgan fingerprint density at radius 2 is 1.84 bits per heavy atom. The Kier molecular flexibility index (Phi) is 3.25. The lowest BCUT2D eigenvalue weighted by molar-refractivity contribution is 0.489. The highest BCUT2D eigenvalue weighted by molar-refractivity contribution is 14.1. The van der Waals surface area contributed by atoms with Crippen LogP contribution in [0, 0.1) is 3.57 Å². The lowest BCUT2D eigenvalue weighted by Crippen LogP contribution is -1.93. The summed E-state index contributed by atoms with van der Waals surface area (Å²) in [6.45, 7) is 0. The number of hydrogen-bond donors (Lipinski definition) is 1. The Hall–Kier alpha value is -1.82. The minimum Gasteiger partial charge on any atom is -0.453 e. The van der Waals surface area contributed by atoms with Gasteiger partial charge in [0.25, 0.3) is 0 Å². The van der Waals surface area contributed by atoms with Gasteiger partial charge in [-0.3, -0.25) is 4.98 Å². The van der Waals surface area contributed by atoms with Gasteiger partial charge in [0, 0.05) is 15.2 Å². The number of nitrogens with zero attached hydrogens (tertiary/aromatic N) is 1. The highest BCUT2D eigenvalue weighted by Gasteiger charge is 2.06. The van der Waals surface area contributed by atoms with Crippen molar-refractivity contribution in [3.05, 3.63) is 58.3 Å². The maximum atomic E-state index is 5.96. The van der Waals surface area contributed by atoms with E-state index in [1.165, 1.54) is 0 Å². The van der Waals surface area contributed by atoms with Gasteiger partial charge in [-0.2, -0.15) is 0 Å². The molecule has 0 atom stereocenters. The summed E-state index contributed by atoms with van der Waals surface area (Å²) in [7, 11) is 0. The van der Waals surface area contributed by atoms with Crippen molar-refractivity contribution in [2.75, 3.05) is 5.73 Å². The maximum Gasteiger partial charge on any atom is 0.153 e. The van der Waals surface area contributed by atoms with Crippen LogP contribution >= 0.6 is 22.6 Å². The fraction of sp³-hybridized carbons (Fsp3) is 0. The highest BCUT2D eigenvalue weighted by Crippen LogP contribution is 2.32. The Bertz CT molecular complexity index is 738. The van der Waals surface area contributed by atoms with Crippen molar-refractivity contribution in [3.63, 3.8) is 0 Å². The fourth-order valence-electron chi connectivity index (χ4n) is 1.89. The third kappa shape index (κ3) is 2.49. The second-order valence-corrected chi connectivity index (χ2v) is 5.36. The zero-order chi connectivity index (χ0) is 13.2. The molecule has 0 saturated carbocycles. The number of rotatable bonds is 2. The first-order valence-electron chi connectivity index (χ1n) is 5.81. The van der Waals surface area contributed by atoms with Crippen molar-refractivity contribution in [1.82, 2.24) is 4.98 Å². The van der Waals surface area contributed by atoms with Crippen LogP contribution in [0.15, 0.2) is 54.7 Å². The van der Waals surface area contributed by atoms with Gasteiger partial charge in [0.1, 0.15) is 11.3 Å². The molecule has 94 valence electrons. The number of aromatic nitrogens is 1. The van der Waals surface area contributed by atoms with Crippen molar-refractivity contribution < 1.29 is 4.74 Å². The van der Waals surface area contributed by atoms with E-state index in [0.717, 1.165) is 14.5 Å². The minimum absolute atomic E-state index is 0.625. The molecule has 3 nitrogen and oxygen atoms in total. The Labute approximate surface area is 124 Å². The SMILES string of the molecule is Nc1cc(I)ccc1Oc1cccc2cccnc12. The molecule has 0 spiro atoms. The number of nitrogens with two attached hydrogens (primary N) is 1. The summed E-state index contributed by atoms with van der Waals surface area (Å²) in [6, 6.07) is 15.5. The van der Waals surface area contributed by atoms with E-state index in [9.17, 15) is 0 Å². The molecular weight excluding hydrogens is 351 g/mol. The molecule has 2 aromatic carbocycles. The van der Waals surface area contributed by atoms with E-state index in [1.54, 1.807) is 6.20 Å². The number of halogens is 1. The molecule has 0 amide bonds. The van der Waals surface area contributed by atoms with Gasteiger partial charge in [0.2, 0.25) is 0 Å². The number of ether oxygens (including phenoxy) is 1. The highest BCUT2D eigenvalue weighted by atomic mass is 127. The summed E-state index contributed by atoms with van der Waals surface area (Å²) in [5, 5.41) is 1.05. The Morgan fingerprint density at radius 1 is 1.00 bits per heavy atom. The van der Waals surface area contributed by atoms with Crippen LogP contribution in [-0.4, -0.2) is 4.98 Å². The second kappa shape index (κ2) is 5.05. The predicted molar refractivity (Wildman–Crippen MR) is 85.4 cm³/mol. The van der Waals surface area contributed by atoms with Crippen molar-refractivity contribution in [1.29, 1.82) is 0 Å². The Balaban J connectivity index is 2.06. The molecule has 3 aromatic rings. The number of nitrogen functional groups attached to an aromatic ring is 1. The van der Waals surface area contributed by atoms with Crippen molar-refractivity contribution in [2.24, 2.45) is 0 Å². The molecule has 1 aromatic heterocycles. The molecule has 0 fully saturated rings. The van der Waals surface area contributed by atoms with E-state index in [2.05, 4.69) is 27.6 Å². The molecule has 3 rings (SSSR count). The molecular formula is C15H11IN2O. The van der Waals surface area contributed by atoms with Crippen LogP contribution in [0.25, 0.3) is 10.9 Å². The van der Waals surface area contributed by atoms with E-state index in [-0.39, 0.29) is 0 Å². The monoisotopic (exact) mass is 362 g/mol. The average Bonchev–Trinajstić information content (AvgIpc) is 2.42. The number of pyridine rings is 1. The zero-order valence-electron chi connectivity index (χ0n) is 10.0. The van der Waals surface area contributed by atoms with Crippen molar-refractivity contribution in [2.45, 2.75) is 0 Å². The standard InChI is InChI=1S/C15H11IN2O/c16-11-6-7-13(12(17)9-11)19-14-5-1-3-10-4-2-8-18-15(10)14/h1-9H,17H2. The van der Waals surface area contributed by atoms with Crippen molar-refractivity contribution >= 4 is 39.2 Å². The van der Waals surface area contributed by atoms with Gasteiger partial charge in [0.15, 0.2) is 5.75 Å². The van der Waals surface area contributed by atoms with Crippen LogP contribution in [0.3, 0.4) is 0 Å². The topological polar surface area (TPSA) is 48.1 Å². The average molecular weight is 362 g/mol. The molecule has 0 saturated heterocycles. The summed E-state index contributed by atoms with van der Waals surface area (Å²) >= 11 is 2.22. The van der Waals surface area contributed by atoms with Gasteiger partial charge in [-0.15, -0.1) is 0 Å². The number of fused-ring (bicyclic) bond motifs is 1. The van der Waals surface area contributed by atoms with Gasteiger partial charge < -0.3 is 10.5 Å². The zero-order valence-corrected chi connectivity index (χ0v) is 12.2. The third-order valence-corrected chi connectivity index (χ3v) is 3.46. The summed E-state index contributed by atoms with van der Waals surface area (Å²) < 4.78 is 6.97. The lowest BCUT2D eigenvalue weighted by atomic mass is 10.2. The molecule has 1 heterocycles. The van der Waals surface area contributed by atoms with Crippen LogP contribution in [0.4, 0.5) is 5.69 Å². The van der Waals surface area contributed by atoms with Crippen LogP contribution < -0.4 is 10.5 Å². The first-order valence-corrected chi connectivity index (χ1v) is 6.88. The lowest BCUT2D eigenvalue weighted by Gasteiger charge is -2.10.